The van der Waals surface area contributed by atoms with Gasteiger partial charge in [-0.1, -0.05) is 0 Å². The number of halogens is 2. The molecular weight excluding hydrogens is 200 g/mol. The van der Waals surface area contributed by atoms with Crippen molar-refractivity contribution >= 4 is 24.8 Å². The van der Waals surface area contributed by atoms with Crippen molar-refractivity contribution in [2.24, 2.45) is 0 Å². The predicted molar refractivity (Wildman–Crippen MR) is 28.2 cm³/mol. The van der Waals surface area contributed by atoms with Crippen LogP contribution >= 0.6 is 24.8 Å². The predicted octanol–water partition coefficient (Wildman–Crippen LogP) is 0.853. The fraction of sp³-hybridized carbons (Fsp3) is 1.00. The second-order valence-electron chi connectivity index (χ2n) is 0.894. The summed E-state index contributed by atoms with van der Waals surface area (Å²) in [5, 5.41) is 0. The van der Waals surface area contributed by atoms with Crippen molar-refractivity contribution < 1.29 is 25.0 Å². The zero-order chi connectivity index (χ0) is 3.58. The molecule has 0 aromatic carbocycles. The second-order valence-corrected chi connectivity index (χ2v) is 3.09. The van der Waals surface area contributed by atoms with Crippen molar-refractivity contribution in [1.29, 1.82) is 0 Å². The quantitative estimate of drug-likeness (QED) is 0.570. The monoisotopic (exact) mass is 206 g/mol. The average Bonchev–Trinajstić information content (AvgIpc) is 0.811. The van der Waals surface area contributed by atoms with Gasteiger partial charge in [-0.25, -0.2) is 0 Å². The van der Waals surface area contributed by atoms with E-state index >= 15 is 0 Å². The van der Waals surface area contributed by atoms with Crippen LogP contribution in [-0.4, -0.2) is 16.9 Å². The Labute approximate surface area is 66.5 Å². The van der Waals surface area contributed by atoms with E-state index in [0.29, 0.717) is 0 Å². The summed E-state index contributed by atoms with van der Waals surface area (Å²) in [6, 6.07) is 0. The van der Waals surface area contributed by atoms with Gasteiger partial charge in [0.05, 0.1) is 0 Å². The van der Waals surface area contributed by atoms with Crippen LogP contribution < -0.4 is 0 Å². The van der Waals surface area contributed by atoms with Crippen LogP contribution in [0.3, 0.4) is 0 Å². The van der Waals surface area contributed by atoms with E-state index in [1.54, 1.807) is 0 Å². The molecule has 0 atom stereocenters. The molecule has 4 heteroatoms. The summed E-state index contributed by atoms with van der Waals surface area (Å²) in [6.45, 7) is 0. The third-order valence-electron chi connectivity index (χ3n) is 0. The summed E-state index contributed by atoms with van der Waals surface area (Å²) < 4.78 is 2.09. The maximum atomic E-state index is 2.09. The van der Waals surface area contributed by atoms with Crippen molar-refractivity contribution in [1.82, 2.24) is 2.84 Å². The van der Waals surface area contributed by atoms with Gasteiger partial charge in [0.25, 0.3) is 0 Å². The molecule has 1 nitrogen and oxygen atoms in total. The summed E-state index contributed by atoms with van der Waals surface area (Å²) in [5.41, 5.74) is 0. The molecular formula is C2H8Cl2NZr. The van der Waals surface area contributed by atoms with E-state index in [0.717, 1.165) is 0 Å². The van der Waals surface area contributed by atoms with Crippen molar-refractivity contribution in [2.45, 2.75) is 0 Å². The van der Waals surface area contributed by atoms with E-state index in [-0.39, 0.29) is 24.8 Å². The van der Waals surface area contributed by atoms with Crippen LogP contribution in [-0.2, 0) is 25.0 Å². The molecule has 0 aromatic heterocycles. The number of hydrogen-bond acceptors (Lipinski definition) is 1. The minimum atomic E-state index is 0. The molecule has 0 amide bonds. The summed E-state index contributed by atoms with van der Waals surface area (Å²) in [5.74, 6) is 0. The number of nitrogens with zero attached hydrogens (tertiary/aromatic N) is 1. The second kappa shape index (κ2) is 9.66. The topological polar surface area (TPSA) is 3.24 Å². The van der Waals surface area contributed by atoms with E-state index in [4.69, 9.17) is 0 Å². The largest absolute Gasteiger partial charge is 0.147 e. The van der Waals surface area contributed by atoms with Crippen molar-refractivity contribution in [3.8, 4) is 0 Å². The molecule has 39 valence electrons. The normalized spacial score (nSPS) is 5.67. The van der Waals surface area contributed by atoms with Crippen molar-refractivity contribution in [3.63, 3.8) is 0 Å². The first-order valence-corrected chi connectivity index (χ1v) is 2.22. The van der Waals surface area contributed by atoms with Crippen molar-refractivity contribution in [2.75, 3.05) is 14.1 Å². The minimum Gasteiger partial charge on any atom is -0.147 e. The van der Waals surface area contributed by atoms with Crippen LogP contribution in [0.1, 0.15) is 0 Å². The average molecular weight is 208 g/mol. The zero-order valence-electron chi connectivity index (χ0n) is 3.76. The maximum Gasteiger partial charge on any atom is -0.147 e. The Morgan fingerprint density at radius 2 is 1.17 bits per heavy atom. The van der Waals surface area contributed by atoms with Gasteiger partial charge >= 0.3 is 41.9 Å². The Bertz CT molecular complexity index is 16.3. The summed E-state index contributed by atoms with van der Waals surface area (Å²) in [7, 11) is 4.08. The van der Waals surface area contributed by atoms with Crippen LogP contribution in [0, 0.1) is 0 Å². The van der Waals surface area contributed by atoms with E-state index in [2.05, 4.69) is 2.84 Å². The van der Waals surface area contributed by atoms with E-state index < -0.39 is 0 Å². The van der Waals surface area contributed by atoms with E-state index in [1.165, 1.54) is 25.0 Å². The van der Waals surface area contributed by atoms with Crippen molar-refractivity contribution in [3.05, 3.63) is 0 Å². The smallest absolute Gasteiger partial charge is 0.147 e. The Kier molecular flexibility index (Phi) is 25.2. The zero-order valence-corrected chi connectivity index (χ0v) is 7.85. The Balaban J connectivity index is -0.0000000450. The first-order valence-electron chi connectivity index (χ1n) is 1.12. The van der Waals surface area contributed by atoms with E-state index in [1.807, 2.05) is 14.1 Å². The van der Waals surface area contributed by atoms with Gasteiger partial charge in [-0.05, 0) is 0 Å². The van der Waals surface area contributed by atoms with Gasteiger partial charge < -0.3 is 0 Å². The Morgan fingerprint density at radius 3 is 1.17 bits per heavy atom. The van der Waals surface area contributed by atoms with Gasteiger partial charge in [-0.2, -0.15) is 0 Å². The van der Waals surface area contributed by atoms with Gasteiger partial charge in [0.15, 0.2) is 0 Å². The molecule has 0 aliphatic heterocycles. The third kappa shape index (κ3) is 52.4. The molecule has 0 rings (SSSR count). The molecule has 0 radical (unpaired) electrons. The molecule has 0 N–H and O–H groups in total. The van der Waals surface area contributed by atoms with Crippen LogP contribution in [0.15, 0.2) is 0 Å². The van der Waals surface area contributed by atoms with Gasteiger partial charge in [0.2, 0.25) is 0 Å². The summed E-state index contributed by atoms with van der Waals surface area (Å²) in [4.78, 5) is 0. The van der Waals surface area contributed by atoms with Crippen LogP contribution in [0.5, 0.6) is 0 Å². The first-order chi connectivity index (χ1) is 1.73. The molecule has 0 aromatic rings. The molecule has 6 heavy (non-hydrogen) atoms. The van der Waals surface area contributed by atoms with Crippen LogP contribution in [0.4, 0.5) is 0 Å². The minimum absolute atomic E-state index is 0. The number of rotatable bonds is 0. The molecule has 0 unspecified atom stereocenters. The van der Waals surface area contributed by atoms with Gasteiger partial charge in [-0.3, -0.25) is 0 Å². The van der Waals surface area contributed by atoms with Gasteiger partial charge in [0.1, 0.15) is 0 Å². The molecule has 0 saturated heterocycles. The molecule has 0 aliphatic rings. The standard InChI is InChI=1S/C2H6N.2ClH.Zr/c1-3-2;;;/h1-2H3;2*1H;/q-1;;;+1. The maximum absolute atomic E-state index is 2.09. The third-order valence-corrected chi connectivity index (χ3v) is 0. The summed E-state index contributed by atoms with van der Waals surface area (Å²) in [6.07, 6.45) is 0. The molecule has 0 spiro atoms. The van der Waals surface area contributed by atoms with Crippen LogP contribution in [0.2, 0.25) is 0 Å². The summed E-state index contributed by atoms with van der Waals surface area (Å²) >= 11 is 1.47. The fourth-order valence-electron chi connectivity index (χ4n) is 0. The number of hydrogen-bond donors (Lipinski definition) is 0. The molecule has 0 aliphatic carbocycles. The molecule has 0 saturated carbocycles. The Morgan fingerprint density at radius 1 is 1.17 bits per heavy atom. The molecule has 0 heterocycles. The van der Waals surface area contributed by atoms with Gasteiger partial charge in [-0.15, -0.1) is 24.8 Å². The van der Waals surface area contributed by atoms with E-state index in [9.17, 15) is 0 Å². The molecule has 0 bridgehead atoms. The SMILES string of the molecule is C[N](C)[Zr].Cl.Cl. The molecule has 0 fully saturated rings. The van der Waals surface area contributed by atoms with Crippen LogP contribution in [0.25, 0.3) is 0 Å². The first kappa shape index (κ1) is 15.7. The Hall–Kier alpha value is 1.42. The van der Waals surface area contributed by atoms with Gasteiger partial charge in [0, 0.05) is 0 Å². The fourth-order valence-corrected chi connectivity index (χ4v) is 0.